The van der Waals surface area contributed by atoms with Crippen molar-refractivity contribution < 1.29 is 41.8 Å². The van der Waals surface area contributed by atoms with Crippen LogP contribution in [-0.4, -0.2) is 71.8 Å². The highest BCUT2D eigenvalue weighted by molar-refractivity contribution is 6.00. The van der Waals surface area contributed by atoms with Gasteiger partial charge < -0.3 is 35.6 Å². The molecule has 0 fully saturated rings. The number of halogens is 4. The number of rotatable bonds is 7. The van der Waals surface area contributed by atoms with E-state index in [0.717, 1.165) is 24.3 Å². The molecule has 5 amide bonds. The molecule has 4 rings (SSSR count). The van der Waals surface area contributed by atoms with Crippen molar-refractivity contribution in [1.82, 2.24) is 9.80 Å². The van der Waals surface area contributed by atoms with Gasteiger partial charge in [-0.2, -0.15) is 13.2 Å². The smallest absolute Gasteiger partial charge is 0.416 e. The minimum Gasteiger partial charge on any atom is -0.488 e. The standard InChI is InChI=1S/C32H35F4N5O5/c1-19-16-41(20(2)18-42)29(43)15-21-14-26(38-30(44)37-24-8-4-22(5-9-24)32(34,35)36)12-13-27(21)46-28(19)17-40(3)31(45)39-25-10-6-23(33)7-11-25/h4-14,19-20,28,42H,15-18H2,1-3H3,(H,39,45)(H2,37,38,44)/t19-,20-,28-/m1/s1. The second-order valence-electron chi connectivity index (χ2n) is 11.2. The summed E-state index contributed by atoms with van der Waals surface area (Å²) in [6, 6.07) is 12.3. The van der Waals surface area contributed by atoms with Gasteiger partial charge in [0.05, 0.1) is 31.2 Å². The number of alkyl halides is 3. The molecule has 0 saturated carbocycles. The Balaban J connectivity index is 1.53. The van der Waals surface area contributed by atoms with Crippen molar-refractivity contribution in [3.8, 4) is 5.75 Å². The summed E-state index contributed by atoms with van der Waals surface area (Å²) in [6.07, 6.45) is -5.23. The molecule has 0 spiro atoms. The Morgan fingerprint density at radius 2 is 1.59 bits per heavy atom. The van der Waals surface area contributed by atoms with Gasteiger partial charge in [0.1, 0.15) is 17.7 Å². The van der Waals surface area contributed by atoms with Crippen LogP contribution in [0.15, 0.2) is 66.7 Å². The summed E-state index contributed by atoms with van der Waals surface area (Å²) in [7, 11) is 1.57. The monoisotopic (exact) mass is 645 g/mol. The fourth-order valence-electron chi connectivity index (χ4n) is 4.87. The Morgan fingerprint density at radius 3 is 2.22 bits per heavy atom. The molecule has 1 heterocycles. The summed E-state index contributed by atoms with van der Waals surface area (Å²) in [6.45, 7) is 3.65. The molecule has 0 saturated heterocycles. The lowest BCUT2D eigenvalue weighted by Crippen LogP contribution is -2.48. The van der Waals surface area contributed by atoms with Crippen LogP contribution in [0.25, 0.3) is 0 Å². The third-order valence-corrected chi connectivity index (χ3v) is 7.54. The topological polar surface area (TPSA) is 123 Å². The van der Waals surface area contributed by atoms with Gasteiger partial charge in [-0.15, -0.1) is 0 Å². The Hall–Kier alpha value is -4.85. The van der Waals surface area contributed by atoms with Crippen LogP contribution in [0.1, 0.15) is 25.0 Å². The summed E-state index contributed by atoms with van der Waals surface area (Å²) in [4.78, 5) is 42.0. The zero-order valence-electron chi connectivity index (χ0n) is 25.4. The number of likely N-dealkylation sites (N-methyl/N-ethyl adjacent to an activating group) is 1. The number of aliphatic hydroxyl groups excluding tert-OH is 1. The number of urea groups is 2. The first-order chi connectivity index (χ1) is 21.7. The van der Waals surface area contributed by atoms with Crippen LogP contribution in [0, 0.1) is 11.7 Å². The maximum absolute atomic E-state index is 13.4. The summed E-state index contributed by atoms with van der Waals surface area (Å²) < 4.78 is 58.2. The molecular weight excluding hydrogens is 610 g/mol. The molecule has 3 aromatic rings. The average Bonchev–Trinajstić information content (AvgIpc) is 3.05. The van der Waals surface area contributed by atoms with Gasteiger partial charge in [0.25, 0.3) is 0 Å². The normalized spacial score (nSPS) is 17.4. The van der Waals surface area contributed by atoms with E-state index in [9.17, 15) is 37.1 Å². The average molecular weight is 646 g/mol. The summed E-state index contributed by atoms with van der Waals surface area (Å²) in [5.74, 6) is -0.665. The highest BCUT2D eigenvalue weighted by atomic mass is 19.4. The van der Waals surface area contributed by atoms with Crippen LogP contribution < -0.4 is 20.7 Å². The number of benzene rings is 3. The maximum atomic E-state index is 13.4. The van der Waals surface area contributed by atoms with Gasteiger partial charge in [0, 0.05) is 42.1 Å². The molecule has 246 valence electrons. The number of nitrogens with zero attached hydrogens (tertiary/aromatic N) is 2. The Labute approximate surface area is 263 Å². The number of carbonyl (C=O) groups excluding carboxylic acids is 3. The Morgan fingerprint density at radius 1 is 1.00 bits per heavy atom. The minimum atomic E-state index is -4.51. The summed E-state index contributed by atoms with van der Waals surface area (Å²) in [5.41, 5.74) is 0.427. The van der Waals surface area contributed by atoms with Crippen LogP contribution in [0.2, 0.25) is 0 Å². The van der Waals surface area contributed by atoms with E-state index in [1.807, 2.05) is 6.92 Å². The molecule has 0 aliphatic carbocycles. The van der Waals surface area contributed by atoms with E-state index >= 15 is 0 Å². The molecule has 14 heteroatoms. The van der Waals surface area contributed by atoms with Gasteiger partial charge in [-0.3, -0.25) is 4.79 Å². The lowest BCUT2D eigenvalue weighted by molar-refractivity contribution is -0.137. The molecule has 1 aliphatic heterocycles. The van der Waals surface area contributed by atoms with Crippen LogP contribution in [0.4, 0.5) is 44.2 Å². The van der Waals surface area contributed by atoms with Crippen LogP contribution in [0.3, 0.4) is 0 Å². The zero-order valence-corrected chi connectivity index (χ0v) is 25.4. The van der Waals surface area contributed by atoms with E-state index in [1.54, 1.807) is 37.1 Å². The number of carbonyl (C=O) groups is 3. The number of hydrogen-bond acceptors (Lipinski definition) is 5. The first-order valence-corrected chi connectivity index (χ1v) is 14.5. The van der Waals surface area contributed by atoms with Crippen molar-refractivity contribution in [2.45, 2.75) is 38.6 Å². The molecule has 3 aromatic carbocycles. The van der Waals surface area contributed by atoms with Crippen molar-refractivity contribution >= 4 is 35.0 Å². The van der Waals surface area contributed by atoms with Crippen LogP contribution in [0.5, 0.6) is 5.75 Å². The highest BCUT2D eigenvalue weighted by Crippen LogP contribution is 2.31. The largest absolute Gasteiger partial charge is 0.488 e. The Bertz CT molecular complexity index is 1540. The number of fused-ring (bicyclic) bond motifs is 1. The molecule has 1 aliphatic rings. The predicted molar refractivity (Wildman–Crippen MR) is 164 cm³/mol. The van der Waals surface area contributed by atoms with Crippen molar-refractivity contribution in [1.29, 1.82) is 0 Å². The molecular formula is C32H35F4N5O5. The van der Waals surface area contributed by atoms with E-state index in [0.29, 0.717) is 22.7 Å². The van der Waals surface area contributed by atoms with E-state index in [-0.39, 0.29) is 43.6 Å². The van der Waals surface area contributed by atoms with Crippen molar-refractivity contribution in [2.24, 2.45) is 5.92 Å². The quantitative estimate of drug-likeness (QED) is 0.242. The second-order valence-corrected chi connectivity index (χ2v) is 11.2. The SMILES string of the molecule is C[C@@H]1CN([C@H](C)CO)C(=O)Cc2cc(NC(=O)Nc3ccc(C(F)(F)F)cc3)ccc2O[C@@H]1CN(C)C(=O)Nc1ccc(F)cc1. The minimum absolute atomic E-state index is 0.110. The van der Waals surface area contributed by atoms with Gasteiger partial charge in [-0.25, -0.2) is 14.0 Å². The van der Waals surface area contributed by atoms with E-state index in [2.05, 4.69) is 16.0 Å². The zero-order chi connectivity index (χ0) is 33.6. The van der Waals surface area contributed by atoms with Gasteiger partial charge in [0.15, 0.2) is 0 Å². The molecule has 0 bridgehead atoms. The third-order valence-electron chi connectivity index (χ3n) is 7.54. The first kappa shape index (κ1) is 34.0. The lowest BCUT2D eigenvalue weighted by Gasteiger charge is -2.34. The number of nitrogens with one attached hydrogen (secondary N) is 3. The first-order valence-electron chi connectivity index (χ1n) is 14.5. The fourth-order valence-corrected chi connectivity index (χ4v) is 4.87. The molecule has 46 heavy (non-hydrogen) atoms. The number of ether oxygens (including phenoxy) is 1. The van der Waals surface area contributed by atoms with Gasteiger partial charge in [-0.05, 0) is 73.7 Å². The fraction of sp³-hybridized carbons (Fsp3) is 0.344. The number of aliphatic hydroxyl groups is 1. The highest BCUT2D eigenvalue weighted by Gasteiger charge is 2.32. The number of amides is 5. The lowest BCUT2D eigenvalue weighted by atomic mass is 10.0. The van der Waals surface area contributed by atoms with Gasteiger partial charge >= 0.3 is 18.2 Å². The third kappa shape index (κ3) is 8.87. The van der Waals surface area contributed by atoms with Crippen molar-refractivity contribution in [3.63, 3.8) is 0 Å². The molecule has 4 N–H and O–H groups in total. The predicted octanol–water partition coefficient (Wildman–Crippen LogP) is 5.80. The summed E-state index contributed by atoms with van der Waals surface area (Å²) in [5, 5.41) is 17.6. The van der Waals surface area contributed by atoms with Crippen molar-refractivity contribution in [3.05, 3.63) is 83.7 Å². The van der Waals surface area contributed by atoms with Gasteiger partial charge in [0.2, 0.25) is 5.91 Å². The van der Waals surface area contributed by atoms with E-state index < -0.39 is 41.8 Å². The molecule has 0 aromatic heterocycles. The molecule has 0 unspecified atom stereocenters. The van der Waals surface area contributed by atoms with E-state index in [4.69, 9.17) is 4.74 Å². The van der Waals surface area contributed by atoms with Crippen LogP contribution in [-0.2, 0) is 17.4 Å². The Kier molecular flexibility index (Phi) is 10.7. The van der Waals surface area contributed by atoms with Gasteiger partial charge in [-0.1, -0.05) is 6.92 Å². The number of hydrogen-bond donors (Lipinski definition) is 4. The van der Waals surface area contributed by atoms with Crippen LogP contribution >= 0.6 is 0 Å². The molecule has 3 atom stereocenters. The van der Waals surface area contributed by atoms with E-state index in [1.165, 1.54) is 29.2 Å². The second kappa shape index (κ2) is 14.5. The van der Waals surface area contributed by atoms with Crippen molar-refractivity contribution in [2.75, 3.05) is 42.7 Å². The number of anilines is 3. The summed E-state index contributed by atoms with van der Waals surface area (Å²) >= 11 is 0. The molecule has 0 radical (unpaired) electrons. The molecule has 10 nitrogen and oxygen atoms in total. The maximum Gasteiger partial charge on any atom is 0.416 e.